The van der Waals surface area contributed by atoms with Gasteiger partial charge < -0.3 is 0 Å². The van der Waals surface area contributed by atoms with Crippen LogP contribution in [0.4, 0.5) is 13.2 Å². The van der Waals surface area contributed by atoms with E-state index in [1.54, 1.807) is 0 Å². The van der Waals surface area contributed by atoms with Gasteiger partial charge in [0, 0.05) is 0 Å². The second-order valence-electron chi connectivity index (χ2n) is 5.29. The van der Waals surface area contributed by atoms with Gasteiger partial charge in [0.2, 0.25) is 0 Å². The minimum atomic E-state index is -4.65. The van der Waals surface area contributed by atoms with E-state index in [4.69, 9.17) is 4.74 Å². The first-order chi connectivity index (χ1) is 8.81. The summed E-state index contributed by atoms with van der Waals surface area (Å²) in [5.74, 6) is -0.657. The number of hydrogen-bond acceptors (Lipinski definition) is 4. The number of esters is 1. The van der Waals surface area contributed by atoms with E-state index in [1.165, 1.54) is 13.8 Å². The van der Waals surface area contributed by atoms with Crippen molar-refractivity contribution < 1.29 is 48.9 Å². The van der Waals surface area contributed by atoms with Gasteiger partial charge in [0.1, 0.15) is 0 Å². The summed E-state index contributed by atoms with van der Waals surface area (Å²) < 4.78 is 51.6. The normalized spacial score (nSPS) is 28.1. The summed E-state index contributed by atoms with van der Waals surface area (Å²) in [6.07, 6.45) is -4.65. The fraction of sp³-hybridized carbons (Fsp3) is 0.909. The zero-order valence-corrected chi connectivity index (χ0v) is 16.0. The van der Waals surface area contributed by atoms with E-state index >= 15 is 0 Å². The Morgan fingerprint density at radius 1 is 1.35 bits per heavy atom. The molecule has 0 amide bonds. The monoisotopic (exact) mass is 522 g/mol. The number of ether oxygens (including phenoxy) is 2. The van der Waals surface area contributed by atoms with Crippen molar-refractivity contribution in [2.45, 2.75) is 52.5 Å². The Labute approximate surface area is 140 Å². The maximum absolute atomic E-state index is 13.2. The first-order valence-corrected chi connectivity index (χ1v) is 9.12. The van der Waals surface area contributed by atoms with Crippen LogP contribution in [0.15, 0.2) is 0 Å². The second-order valence-corrected chi connectivity index (χ2v) is 9.86. The molecule has 3 atom stereocenters. The van der Waals surface area contributed by atoms with Crippen LogP contribution in [0.2, 0.25) is 0 Å². The molecule has 1 saturated heterocycles. The van der Waals surface area contributed by atoms with Crippen LogP contribution in [0.25, 0.3) is 0 Å². The maximum atomic E-state index is 13.2. The number of rotatable bonds is 5. The van der Waals surface area contributed by atoms with Gasteiger partial charge in [0.25, 0.3) is 0 Å². The molecule has 0 saturated carbocycles. The fourth-order valence-corrected chi connectivity index (χ4v) is 4.43. The summed E-state index contributed by atoms with van der Waals surface area (Å²) in [6.45, 7) is 5.17. The zero-order chi connectivity index (χ0) is 16.0. The summed E-state index contributed by atoms with van der Waals surface area (Å²) in [5, 5.41) is 0. The number of nitrogens with one attached hydrogen (secondary N) is 1. The standard InChI is InChI=1S/C11H17F3I2NO3/c1-8(2,10(4,19-5)11(12,13)14)20-7(18)6(15)9(3)16-17-9/h6,17H,1-5H3/q-1. The molecule has 1 heterocycles. The molecular formula is C11H17F3I2NO3-. The van der Waals surface area contributed by atoms with Gasteiger partial charge >= 0.3 is 141 Å². The van der Waals surface area contributed by atoms with Crippen molar-refractivity contribution >= 4 is 28.6 Å². The van der Waals surface area contributed by atoms with E-state index < -0.39 is 27.3 Å². The van der Waals surface area contributed by atoms with Crippen molar-refractivity contribution in [3.63, 3.8) is 0 Å². The molecule has 9 heteroatoms. The third-order valence-electron chi connectivity index (χ3n) is 3.53. The van der Waals surface area contributed by atoms with Crippen LogP contribution in [0.1, 0.15) is 27.7 Å². The predicted molar refractivity (Wildman–Crippen MR) is 71.0 cm³/mol. The number of halogens is 5. The van der Waals surface area contributed by atoms with Crippen LogP contribution in [-0.2, 0) is 14.3 Å². The summed E-state index contributed by atoms with van der Waals surface area (Å²) in [5.41, 5.74) is -4.40. The Kier molecular flexibility index (Phi) is 5.31. The molecule has 1 N–H and O–H groups in total. The average Bonchev–Trinajstić information content (AvgIpc) is 3.04. The van der Waals surface area contributed by atoms with E-state index in [9.17, 15) is 18.0 Å². The molecule has 1 fully saturated rings. The van der Waals surface area contributed by atoms with Crippen molar-refractivity contribution in [3.8, 4) is 0 Å². The zero-order valence-electron chi connectivity index (χ0n) is 11.7. The molecule has 1 aliphatic rings. The molecule has 0 aliphatic carbocycles. The van der Waals surface area contributed by atoms with Gasteiger partial charge in [-0.25, -0.2) is 0 Å². The first-order valence-electron chi connectivity index (χ1n) is 5.72. The fourth-order valence-electron chi connectivity index (χ4n) is 1.50. The average molecular weight is 522 g/mol. The topological polar surface area (TPSA) is 57.5 Å². The van der Waals surface area contributed by atoms with Crippen LogP contribution in [-0.4, -0.2) is 37.9 Å². The number of methoxy groups -OCH3 is 1. The Hall–Kier alpha value is 0.640. The van der Waals surface area contributed by atoms with Gasteiger partial charge in [0.05, 0.1) is 0 Å². The molecule has 3 unspecified atom stereocenters. The minimum absolute atomic E-state index is 0.294. The molecule has 0 aromatic carbocycles. The number of hydrogen-bond donors (Lipinski definition) is 1. The van der Waals surface area contributed by atoms with Crippen LogP contribution in [0.5, 0.6) is 0 Å². The Morgan fingerprint density at radius 3 is 2.10 bits per heavy atom. The molecule has 0 spiro atoms. The van der Waals surface area contributed by atoms with Gasteiger partial charge in [-0.05, 0) is 0 Å². The van der Waals surface area contributed by atoms with Crippen molar-refractivity contribution in [3.05, 3.63) is 0 Å². The van der Waals surface area contributed by atoms with E-state index in [2.05, 4.69) is 8.27 Å². The third kappa shape index (κ3) is 3.35. The summed E-state index contributed by atoms with van der Waals surface area (Å²) >= 11 is 1.61. The SMILES string of the molecule is COC(C)(C(F)(F)F)C(C)(C)OC(=O)C(I)C1(C)N[I-]1. The van der Waals surface area contributed by atoms with E-state index in [0.29, 0.717) is 0 Å². The van der Waals surface area contributed by atoms with E-state index in [1.807, 2.05) is 29.5 Å². The Morgan fingerprint density at radius 2 is 1.80 bits per heavy atom. The number of alkyl halides is 5. The quantitative estimate of drug-likeness (QED) is 0.131. The van der Waals surface area contributed by atoms with Gasteiger partial charge in [-0.3, -0.25) is 0 Å². The number of carbonyl (C=O) groups is 1. The number of carbonyl (C=O) groups excluding carboxylic acids is 1. The van der Waals surface area contributed by atoms with Crippen molar-refractivity contribution in [1.82, 2.24) is 3.53 Å². The molecule has 1 aliphatic heterocycles. The molecule has 120 valence electrons. The van der Waals surface area contributed by atoms with Gasteiger partial charge in [-0.1, -0.05) is 0 Å². The van der Waals surface area contributed by atoms with Gasteiger partial charge in [0.15, 0.2) is 0 Å². The van der Waals surface area contributed by atoms with Crippen LogP contribution >= 0.6 is 22.6 Å². The molecule has 0 aromatic rings. The van der Waals surface area contributed by atoms with E-state index in [-0.39, 0.29) is 25.0 Å². The van der Waals surface area contributed by atoms with Crippen LogP contribution in [0.3, 0.4) is 0 Å². The Balaban J connectivity index is 2.90. The van der Waals surface area contributed by atoms with Crippen molar-refractivity contribution in [1.29, 1.82) is 0 Å². The van der Waals surface area contributed by atoms with Crippen molar-refractivity contribution in [2.75, 3.05) is 7.11 Å². The predicted octanol–water partition coefficient (Wildman–Crippen LogP) is -0.597. The molecule has 20 heavy (non-hydrogen) atoms. The van der Waals surface area contributed by atoms with Crippen molar-refractivity contribution in [2.24, 2.45) is 0 Å². The molecular weight excluding hydrogens is 505 g/mol. The van der Waals surface area contributed by atoms with Crippen LogP contribution < -0.4 is 25.0 Å². The molecule has 0 radical (unpaired) electrons. The molecule has 0 bridgehead atoms. The summed E-state index contributed by atoms with van der Waals surface area (Å²) in [6, 6.07) is 0. The first kappa shape index (κ1) is 18.7. The summed E-state index contributed by atoms with van der Waals surface area (Å²) in [7, 11) is 0.958. The van der Waals surface area contributed by atoms with E-state index in [0.717, 1.165) is 14.0 Å². The molecule has 1 rings (SSSR count). The van der Waals surface area contributed by atoms with Crippen LogP contribution in [0, 0.1) is 0 Å². The summed E-state index contributed by atoms with van der Waals surface area (Å²) in [4.78, 5) is 12.1. The van der Waals surface area contributed by atoms with Gasteiger partial charge in [-0.15, -0.1) is 0 Å². The molecule has 4 nitrogen and oxygen atoms in total. The van der Waals surface area contributed by atoms with Gasteiger partial charge in [-0.2, -0.15) is 0 Å². The molecule has 0 aromatic heterocycles. The third-order valence-corrected chi connectivity index (χ3v) is 9.34. The Bertz CT molecular complexity index is 399. The second kappa shape index (κ2) is 5.69.